The van der Waals surface area contributed by atoms with Crippen molar-refractivity contribution in [2.24, 2.45) is 5.73 Å². The highest BCUT2D eigenvalue weighted by molar-refractivity contribution is 5.90. The maximum Gasteiger partial charge on any atom is 0.156 e. The Labute approximate surface area is 135 Å². The number of fused-ring (bicyclic) bond motifs is 1. The lowest BCUT2D eigenvalue weighted by Crippen LogP contribution is -2.40. The fraction of sp³-hybridized carbons (Fsp3) is 0.333. The van der Waals surface area contributed by atoms with Crippen LogP contribution in [-0.2, 0) is 0 Å². The Hall–Kier alpha value is -2.40. The number of rotatable bonds is 2. The van der Waals surface area contributed by atoms with E-state index in [1.807, 2.05) is 25.1 Å². The van der Waals surface area contributed by atoms with Crippen LogP contribution < -0.4 is 10.6 Å². The van der Waals surface area contributed by atoms with E-state index in [4.69, 9.17) is 10.7 Å². The molecule has 118 valence electrons. The Kier molecular flexibility index (Phi) is 3.50. The number of hydrogen-bond acceptors (Lipinski definition) is 4. The van der Waals surface area contributed by atoms with Crippen molar-refractivity contribution in [3.05, 3.63) is 42.2 Å². The molecule has 0 bridgehead atoms. The fourth-order valence-corrected chi connectivity index (χ4v) is 3.22. The fourth-order valence-electron chi connectivity index (χ4n) is 3.22. The van der Waals surface area contributed by atoms with Crippen LogP contribution in [0.4, 0.5) is 5.82 Å². The topological polar surface area (TPSA) is 70.8 Å². The van der Waals surface area contributed by atoms with Crippen LogP contribution >= 0.6 is 0 Å². The van der Waals surface area contributed by atoms with E-state index >= 15 is 0 Å². The molecule has 23 heavy (non-hydrogen) atoms. The second-order valence-corrected chi connectivity index (χ2v) is 6.23. The van der Waals surface area contributed by atoms with Crippen molar-refractivity contribution in [2.45, 2.75) is 25.8 Å². The smallest absolute Gasteiger partial charge is 0.156 e. The molecule has 0 amide bonds. The minimum absolute atomic E-state index is 0.313. The highest BCUT2D eigenvalue weighted by Crippen LogP contribution is 2.29. The number of H-pyrrole nitrogens is 1. The van der Waals surface area contributed by atoms with Crippen molar-refractivity contribution < 1.29 is 0 Å². The summed E-state index contributed by atoms with van der Waals surface area (Å²) in [5, 5.41) is 0. The van der Waals surface area contributed by atoms with E-state index in [2.05, 4.69) is 33.1 Å². The first-order valence-electron chi connectivity index (χ1n) is 8.14. The second-order valence-electron chi connectivity index (χ2n) is 6.23. The summed E-state index contributed by atoms with van der Waals surface area (Å²) in [6.45, 7) is 3.85. The van der Waals surface area contributed by atoms with Gasteiger partial charge in [0.05, 0.1) is 5.52 Å². The van der Waals surface area contributed by atoms with Crippen LogP contribution in [-0.4, -0.2) is 34.1 Å². The molecule has 5 heteroatoms. The molecule has 1 aliphatic heterocycles. The van der Waals surface area contributed by atoms with Crippen LogP contribution in [0.1, 0.15) is 18.7 Å². The van der Waals surface area contributed by atoms with Crippen LogP contribution in [0.3, 0.4) is 0 Å². The molecule has 1 aromatic carbocycles. The summed E-state index contributed by atoms with van der Waals surface area (Å²) in [7, 11) is 0. The third-order valence-electron chi connectivity index (χ3n) is 4.49. The quantitative estimate of drug-likeness (QED) is 0.763. The first-order chi connectivity index (χ1) is 11.2. The van der Waals surface area contributed by atoms with E-state index in [1.54, 1.807) is 0 Å². The number of aromatic nitrogens is 3. The third-order valence-corrected chi connectivity index (χ3v) is 4.49. The Balaban J connectivity index is 1.80. The Morgan fingerprint density at radius 1 is 1.13 bits per heavy atom. The Morgan fingerprint density at radius 2 is 1.87 bits per heavy atom. The molecule has 0 atom stereocenters. The van der Waals surface area contributed by atoms with Crippen molar-refractivity contribution in [1.82, 2.24) is 15.0 Å². The molecule has 0 radical (unpaired) electrons. The van der Waals surface area contributed by atoms with Gasteiger partial charge < -0.3 is 15.6 Å². The minimum atomic E-state index is 0.313. The van der Waals surface area contributed by atoms with Crippen molar-refractivity contribution in [2.75, 3.05) is 18.0 Å². The number of aromatic amines is 1. The van der Waals surface area contributed by atoms with Gasteiger partial charge >= 0.3 is 0 Å². The van der Waals surface area contributed by atoms with Crippen LogP contribution in [0.5, 0.6) is 0 Å². The van der Waals surface area contributed by atoms with E-state index in [1.165, 1.54) is 0 Å². The number of nitrogens with one attached hydrogen (secondary N) is 1. The van der Waals surface area contributed by atoms with E-state index in [-0.39, 0.29) is 0 Å². The standard InChI is InChI=1S/C18H21N5/c1-12-20-16-11-15(13-5-3-2-4-6-13)22-17(16)18(21-12)23-9-7-14(19)8-10-23/h2-6,11,14,22H,7-10,19H2,1H3. The number of hydrogen-bond donors (Lipinski definition) is 2. The Bertz CT molecular complexity index is 816. The molecule has 0 unspecified atom stereocenters. The van der Waals surface area contributed by atoms with Crippen molar-refractivity contribution in [3.8, 4) is 11.3 Å². The van der Waals surface area contributed by atoms with Gasteiger partial charge in [-0.25, -0.2) is 9.97 Å². The zero-order valence-electron chi connectivity index (χ0n) is 13.3. The van der Waals surface area contributed by atoms with Crippen LogP contribution in [0, 0.1) is 6.92 Å². The Morgan fingerprint density at radius 3 is 2.61 bits per heavy atom. The van der Waals surface area contributed by atoms with Gasteiger partial charge in [-0.3, -0.25) is 0 Å². The van der Waals surface area contributed by atoms with Crippen LogP contribution in [0.15, 0.2) is 36.4 Å². The zero-order chi connectivity index (χ0) is 15.8. The number of anilines is 1. The molecular weight excluding hydrogens is 286 g/mol. The van der Waals surface area contributed by atoms with E-state index < -0.39 is 0 Å². The maximum absolute atomic E-state index is 6.03. The molecule has 3 aromatic rings. The molecule has 1 saturated heterocycles. The molecule has 0 saturated carbocycles. The average molecular weight is 307 g/mol. The summed E-state index contributed by atoms with van der Waals surface area (Å²) >= 11 is 0. The molecule has 3 N–H and O–H groups in total. The lowest BCUT2D eigenvalue weighted by Gasteiger charge is -2.31. The normalized spacial score (nSPS) is 16.2. The van der Waals surface area contributed by atoms with Crippen molar-refractivity contribution >= 4 is 16.9 Å². The van der Waals surface area contributed by atoms with Gasteiger partial charge in [-0.2, -0.15) is 0 Å². The largest absolute Gasteiger partial charge is 0.355 e. The van der Waals surface area contributed by atoms with E-state index in [9.17, 15) is 0 Å². The molecule has 3 heterocycles. The number of piperidine rings is 1. The van der Waals surface area contributed by atoms with Gasteiger partial charge in [-0.05, 0) is 31.4 Å². The molecule has 5 nitrogen and oxygen atoms in total. The monoisotopic (exact) mass is 307 g/mol. The van der Waals surface area contributed by atoms with Gasteiger partial charge in [-0.15, -0.1) is 0 Å². The molecule has 1 aliphatic rings. The average Bonchev–Trinajstić information content (AvgIpc) is 2.99. The van der Waals surface area contributed by atoms with Crippen LogP contribution in [0.25, 0.3) is 22.3 Å². The summed E-state index contributed by atoms with van der Waals surface area (Å²) in [5.41, 5.74) is 10.3. The number of aryl methyl sites for hydroxylation is 1. The van der Waals surface area contributed by atoms with Gasteiger partial charge in [0.1, 0.15) is 11.3 Å². The summed E-state index contributed by atoms with van der Waals surface area (Å²) in [5.74, 6) is 1.81. The molecule has 1 fully saturated rings. The molecule has 0 aliphatic carbocycles. The number of nitrogens with two attached hydrogens (primary N) is 1. The van der Waals surface area contributed by atoms with Gasteiger partial charge in [0, 0.05) is 24.8 Å². The van der Waals surface area contributed by atoms with Gasteiger partial charge in [0.25, 0.3) is 0 Å². The third kappa shape index (κ3) is 2.68. The predicted molar refractivity (Wildman–Crippen MR) is 93.5 cm³/mol. The van der Waals surface area contributed by atoms with Gasteiger partial charge in [-0.1, -0.05) is 30.3 Å². The lowest BCUT2D eigenvalue weighted by atomic mass is 10.1. The summed E-state index contributed by atoms with van der Waals surface area (Å²) in [4.78, 5) is 15.1. The molecule has 4 rings (SSSR count). The summed E-state index contributed by atoms with van der Waals surface area (Å²) in [6, 6.07) is 12.7. The molecule has 0 spiro atoms. The highest BCUT2D eigenvalue weighted by atomic mass is 15.2. The first-order valence-corrected chi connectivity index (χ1v) is 8.14. The maximum atomic E-state index is 6.03. The molecular formula is C18H21N5. The van der Waals surface area contributed by atoms with Crippen molar-refractivity contribution in [1.29, 1.82) is 0 Å². The summed E-state index contributed by atoms with van der Waals surface area (Å²) < 4.78 is 0. The lowest BCUT2D eigenvalue weighted by molar-refractivity contribution is 0.499. The zero-order valence-corrected chi connectivity index (χ0v) is 13.3. The van der Waals surface area contributed by atoms with E-state index in [0.29, 0.717) is 6.04 Å². The molecule has 2 aromatic heterocycles. The van der Waals surface area contributed by atoms with Gasteiger partial charge in [0.15, 0.2) is 5.82 Å². The van der Waals surface area contributed by atoms with Crippen LogP contribution in [0.2, 0.25) is 0 Å². The highest BCUT2D eigenvalue weighted by Gasteiger charge is 2.21. The summed E-state index contributed by atoms with van der Waals surface area (Å²) in [6.07, 6.45) is 2.02. The van der Waals surface area contributed by atoms with Gasteiger partial charge in [0.2, 0.25) is 0 Å². The number of nitrogens with zero attached hydrogens (tertiary/aromatic N) is 3. The minimum Gasteiger partial charge on any atom is -0.355 e. The van der Waals surface area contributed by atoms with E-state index in [0.717, 1.165) is 59.9 Å². The van der Waals surface area contributed by atoms with Crippen molar-refractivity contribution in [3.63, 3.8) is 0 Å². The SMILES string of the molecule is Cc1nc(N2CCC(N)CC2)c2[nH]c(-c3ccccc3)cc2n1. The second kappa shape index (κ2) is 5.66. The predicted octanol–water partition coefficient (Wildman–Crippen LogP) is 2.86. The number of benzene rings is 1. The first kappa shape index (κ1) is 14.2.